The Hall–Kier alpha value is -4.00. The second-order valence-corrected chi connectivity index (χ2v) is 8.67. The summed E-state index contributed by atoms with van der Waals surface area (Å²) in [5.74, 6) is 1.73. The van der Waals surface area contributed by atoms with Crippen molar-refractivity contribution in [1.29, 1.82) is 0 Å². The molecule has 0 radical (unpaired) electrons. The molecule has 0 spiro atoms. The van der Waals surface area contributed by atoms with Gasteiger partial charge in [0.25, 0.3) is 5.91 Å². The van der Waals surface area contributed by atoms with E-state index < -0.39 is 0 Å². The number of fused-ring (bicyclic) bond motifs is 1. The molecule has 0 saturated heterocycles. The lowest BCUT2D eigenvalue weighted by Gasteiger charge is -2.24. The molecule has 0 bridgehead atoms. The van der Waals surface area contributed by atoms with Gasteiger partial charge < -0.3 is 9.32 Å². The van der Waals surface area contributed by atoms with E-state index in [4.69, 9.17) is 9.40 Å². The van der Waals surface area contributed by atoms with Gasteiger partial charge in [-0.05, 0) is 49.1 Å². The first-order valence-electron chi connectivity index (χ1n) is 11.1. The summed E-state index contributed by atoms with van der Waals surface area (Å²) in [6.45, 7) is 0.676. The molecule has 7 nitrogen and oxygen atoms in total. The minimum atomic E-state index is -0.365. The Morgan fingerprint density at radius 3 is 2.55 bits per heavy atom. The largest absolute Gasteiger partial charge is 0.434 e. The minimum Gasteiger partial charge on any atom is -0.434 e. The molecule has 2 aromatic carbocycles. The standard InChI is InChI=1S/C26H22N4O3/c1-29-13-11-18-15-19(9-10-20(18)25(29)31)24-28-23(22(33-24)17-5-3-2-4-6-17)30-14-12-21(16-7-8-16)27-26(30)32/h2-6,9-10,12,14-16H,7-8,11,13H2,1H3. The highest BCUT2D eigenvalue weighted by Crippen LogP contribution is 2.38. The second kappa shape index (κ2) is 7.55. The first-order valence-corrected chi connectivity index (χ1v) is 11.1. The van der Waals surface area contributed by atoms with Crippen molar-refractivity contribution in [1.82, 2.24) is 19.4 Å². The van der Waals surface area contributed by atoms with Crippen molar-refractivity contribution < 1.29 is 9.21 Å². The highest BCUT2D eigenvalue weighted by molar-refractivity contribution is 5.97. The van der Waals surface area contributed by atoms with Crippen LogP contribution in [-0.2, 0) is 6.42 Å². The van der Waals surface area contributed by atoms with E-state index in [1.807, 2.05) is 61.6 Å². The van der Waals surface area contributed by atoms with E-state index in [1.165, 1.54) is 4.57 Å². The van der Waals surface area contributed by atoms with Gasteiger partial charge in [-0.25, -0.2) is 9.36 Å². The number of rotatable bonds is 4. The minimum absolute atomic E-state index is 0.0225. The lowest BCUT2D eigenvalue weighted by molar-refractivity contribution is 0.0781. The third-order valence-electron chi connectivity index (χ3n) is 6.34. The van der Waals surface area contributed by atoms with Gasteiger partial charge in [-0.3, -0.25) is 4.79 Å². The van der Waals surface area contributed by atoms with Crippen LogP contribution in [0.1, 0.15) is 40.4 Å². The third-order valence-corrected chi connectivity index (χ3v) is 6.34. The van der Waals surface area contributed by atoms with Crippen LogP contribution in [0.2, 0.25) is 0 Å². The molecule has 7 heteroatoms. The summed E-state index contributed by atoms with van der Waals surface area (Å²) in [6, 6.07) is 17.1. The number of oxazole rings is 1. The van der Waals surface area contributed by atoms with Crippen molar-refractivity contribution >= 4 is 5.91 Å². The lowest BCUT2D eigenvalue weighted by Crippen LogP contribution is -2.34. The van der Waals surface area contributed by atoms with E-state index in [2.05, 4.69) is 4.98 Å². The zero-order valence-corrected chi connectivity index (χ0v) is 18.2. The third kappa shape index (κ3) is 3.46. The number of hydrogen-bond donors (Lipinski definition) is 0. The van der Waals surface area contributed by atoms with Crippen LogP contribution in [0, 0.1) is 0 Å². The molecule has 3 heterocycles. The normalized spacial score (nSPS) is 15.5. The fraction of sp³-hybridized carbons (Fsp3) is 0.231. The smallest absolute Gasteiger partial charge is 0.353 e. The molecule has 2 aromatic heterocycles. The van der Waals surface area contributed by atoms with Crippen molar-refractivity contribution in [3.8, 4) is 28.6 Å². The van der Waals surface area contributed by atoms with E-state index in [0.717, 1.165) is 41.6 Å². The molecule has 164 valence electrons. The Kier molecular flexibility index (Phi) is 4.50. The summed E-state index contributed by atoms with van der Waals surface area (Å²) < 4.78 is 7.67. The lowest BCUT2D eigenvalue weighted by atomic mass is 9.97. The Morgan fingerprint density at radius 1 is 0.970 bits per heavy atom. The van der Waals surface area contributed by atoms with Gasteiger partial charge in [0.05, 0.1) is 5.69 Å². The summed E-state index contributed by atoms with van der Waals surface area (Å²) in [7, 11) is 1.81. The quantitative estimate of drug-likeness (QED) is 0.480. The van der Waals surface area contributed by atoms with E-state index >= 15 is 0 Å². The molecule has 0 unspecified atom stereocenters. The molecule has 1 saturated carbocycles. The molecule has 1 amide bonds. The molecule has 0 atom stereocenters. The molecule has 6 rings (SSSR count). The van der Waals surface area contributed by atoms with Gasteiger partial charge in [0.1, 0.15) is 0 Å². The van der Waals surface area contributed by atoms with Crippen molar-refractivity contribution in [3.63, 3.8) is 0 Å². The monoisotopic (exact) mass is 438 g/mol. The maximum Gasteiger partial charge on any atom is 0.353 e. The van der Waals surface area contributed by atoms with Crippen LogP contribution in [0.5, 0.6) is 0 Å². The summed E-state index contributed by atoms with van der Waals surface area (Å²) in [6.07, 6.45) is 4.67. The highest BCUT2D eigenvalue weighted by Gasteiger charge is 2.27. The molecule has 4 aromatic rings. The predicted molar refractivity (Wildman–Crippen MR) is 123 cm³/mol. The number of carbonyl (C=O) groups is 1. The Bertz CT molecular complexity index is 1430. The average Bonchev–Trinajstić information content (AvgIpc) is 3.60. The topological polar surface area (TPSA) is 81.2 Å². The van der Waals surface area contributed by atoms with Crippen LogP contribution in [-0.4, -0.2) is 38.9 Å². The zero-order valence-electron chi connectivity index (χ0n) is 18.2. The summed E-state index contributed by atoms with van der Waals surface area (Å²) in [4.78, 5) is 36.1. The van der Waals surface area contributed by atoms with Crippen molar-refractivity contribution in [2.75, 3.05) is 13.6 Å². The Morgan fingerprint density at radius 2 is 1.79 bits per heavy atom. The molecule has 1 fully saturated rings. The van der Waals surface area contributed by atoms with Crippen molar-refractivity contribution in [2.45, 2.75) is 25.2 Å². The van der Waals surface area contributed by atoms with Crippen LogP contribution in [0.3, 0.4) is 0 Å². The fourth-order valence-electron chi connectivity index (χ4n) is 4.30. The number of benzene rings is 2. The Balaban J connectivity index is 1.48. The number of aromatic nitrogens is 3. The zero-order chi connectivity index (χ0) is 22.5. The number of carbonyl (C=O) groups excluding carboxylic acids is 1. The van der Waals surface area contributed by atoms with E-state index in [9.17, 15) is 9.59 Å². The summed E-state index contributed by atoms with van der Waals surface area (Å²) in [5.41, 5.74) is 3.74. The van der Waals surface area contributed by atoms with Gasteiger partial charge in [0.15, 0.2) is 11.6 Å². The molecule has 2 aliphatic rings. The van der Waals surface area contributed by atoms with E-state index in [0.29, 0.717) is 35.5 Å². The highest BCUT2D eigenvalue weighted by atomic mass is 16.4. The predicted octanol–water partition coefficient (Wildman–Crippen LogP) is 4.06. The first kappa shape index (κ1) is 19.7. The van der Waals surface area contributed by atoms with Gasteiger partial charge in [0, 0.05) is 42.4 Å². The van der Waals surface area contributed by atoms with Crippen LogP contribution >= 0.6 is 0 Å². The number of hydrogen-bond acceptors (Lipinski definition) is 5. The summed E-state index contributed by atoms with van der Waals surface area (Å²) in [5, 5.41) is 0. The number of likely N-dealkylation sites (N-methyl/N-ethyl adjacent to an activating group) is 1. The average molecular weight is 438 g/mol. The van der Waals surface area contributed by atoms with Gasteiger partial charge in [0.2, 0.25) is 5.89 Å². The second-order valence-electron chi connectivity index (χ2n) is 8.67. The Labute approximate surface area is 190 Å². The van der Waals surface area contributed by atoms with Crippen LogP contribution < -0.4 is 5.69 Å². The van der Waals surface area contributed by atoms with E-state index in [-0.39, 0.29) is 11.6 Å². The molecule has 33 heavy (non-hydrogen) atoms. The fourth-order valence-corrected chi connectivity index (χ4v) is 4.30. The van der Waals surface area contributed by atoms with Crippen molar-refractivity contribution in [3.05, 3.63) is 88.1 Å². The maximum atomic E-state index is 12.9. The van der Waals surface area contributed by atoms with Gasteiger partial charge in [-0.2, -0.15) is 9.97 Å². The molecular formula is C26H22N4O3. The molecule has 0 N–H and O–H groups in total. The van der Waals surface area contributed by atoms with Gasteiger partial charge >= 0.3 is 5.69 Å². The molecular weight excluding hydrogens is 416 g/mol. The SMILES string of the molecule is CN1CCc2cc(-c3nc(-n4ccc(C5CC5)nc4=O)c(-c4ccccc4)o3)ccc2C1=O. The van der Waals surface area contributed by atoms with Crippen LogP contribution in [0.25, 0.3) is 28.6 Å². The van der Waals surface area contributed by atoms with E-state index in [1.54, 1.807) is 11.1 Å². The van der Waals surface area contributed by atoms with Gasteiger partial charge in [-0.1, -0.05) is 30.3 Å². The van der Waals surface area contributed by atoms with Crippen molar-refractivity contribution in [2.24, 2.45) is 0 Å². The molecule has 1 aliphatic heterocycles. The first-order chi connectivity index (χ1) is 16.1. The van der Waals surface area contributed by atoms with Crippen LogP contribution in [0.15, 0.2) is 70.0 Å². The maximum absolute atomic E-state index is 12.9. The number of amides is 1. The van der Waals surface area contributed by atoms with Crippen LogP contribution in [0.4, 0.5) is 0 Å². The molecule has 1 aliphatic carbocycles. The summed E-state index contributed by atoms with van der Waals surface area (Å²) >= 11 is 0. The number of nitrogens with zero attached hydrogens (tertiary/aromatic N) is 4. The van der Waals surface area contributed by atoms with Gasteiger partial charge in [-0.15, -0.1) is 0 Å².